The van der Waals surface area contributed by atoms with Gasteiger partial charge >= 0.3 is 0 Å². The number of hydrogen-bond donors (Lipinski definition) is 1. The predicted octanol–water partition coefficient (Wildman–Crippen LogP) is 5.25. The summed E-state index contributed by atoms with van der Waals surface area (Å²) in [5.74, 6) is -0.0741. The van der Waals surface area contributed by atoms with E-state index in [0.29, 0.717) is 29.4 Å². The molecule has 0 spiro atoms. The fraction of sp³-hybridized carbons (Fsp3) is 0.350. The summed E-state index contributed by atoms with van der Waals surface area (Å²) in [5, 5.41) is 3.71. The molecule has 0 saturated heterocycles. The van der Waals surface area contributed by atoms with Crippen molar-refractivity contribution in [3.63, 3.8) is 0 Å². The van der Waals surface area contributed by atoms with E-state index < -0.39 is 0 Å². The van der Waals surface area contributed by atoms with Gasteiger partial charge in [-0.3, -0.25) is 4.79 Å². The molecule has 0 fully saturated rings. The van der Waals surface area contributed by atoms with Crippen molar-refractivity contribution in [1.82, 2.24) is 9.88 Å². The molecule has 1 N–H and O–H groups in total. The zero-order valence-corrected chi connectivity index (χ0v) is 15.2. The Morgan fingerprint density at radius 2 is 2.04 bits per heavy atom. The molecule has 1 amide bonds. The SMILES string of the molecule is CCCCCCNC(=O)c1cc2occc2n1Cc1ccccc1Cl. The zero-order valence-electron chi connectivity index (χ0n) is 14.4. The van der Waals surface area contributed by atoms with E-state index in [9.17, 15) is 4.79 Å². The van der Waals surface area contributed by atoms with Crippen molar-refractivity contribution in [2.75, 3.05) is 6.54 Å². The lowest BCUT2D eigenvalue weighted by Crippen LogP contribution is -2.27. The molecule has 1 aromatic carbocycles. The molecule has 2 aromatic heterocycles. The third-order valence-corrected chi connectivity index (χ3v) is 4.73. The van der Waals surface area contributed by atoms with Gasteiger partial charge in [0.2, 0.25) is 0 Å². The van der Waals surface area contributed by atoms with Crippen molar-refractivity contribution in [3.8, 4) is 0 Å². The molecule has 25 heavy (non-hydrogen) atoms. The van der Waals surface area contributed by atoms with E-state index >= 15 is 0 Å². The van der Waals surface area contributed by atoms with E-state index in [1.165, 1.54) is 12.8 Å². The topological polar surface area (TPSA) is 47.2 Å². The molecule has 0 atom stereocenters. The van der Waals surface area contributed by atoms with Crippen molar-refractivity contribution in [3.05, 3.63) is 58.9 Å². The van der Waals surface area contributed by atoms with Gasteiger partial charge in [0.05, 0.1) is 11.8 Å². The predicted molar refractivity (Wildman–Crippen MR) is 101 cm³/mol. The Morgan fingerprint density at radius 1 is 1.20 bits per heavy atom. The van der Waals surface area contributed by atoms with Crippen molar-refractivity contribution in [2.45, 2.75) is 39.2 Å². The first kappa shape index (κ1) is 17.6. The van der Waals surface area contributed by atoms with Gasteiger partial charge in [-0.2, -0.15) is 0 Å². The molecule has 3 aromatic rings. The first-order valence-electron chi connectivity index (χ1n) is 8.79. The molecule has 0 unspecified atom stereocenters. The fourth-order valence-electron chi connectivity index (χ4n) is 2.98. The second-order valence-electron chi connectivity index (χ2n) is 6.19. The fourth-order valence-corrected chi connectivity index (χ4v) is 3.17. The minimum Gasteiger partial charge on any atom is -0.463 e. The average Bonchev–Trinajstić information content (AvgIpc) is 3.19. The monoisotopic (exact) mass is 358 g/mol. The molecule has 0 aliphatic rings. The minimum absolute atomic E-state index is 0.0741. The highest BCUT2D eigenvalue weighted by molar-refractivity contribution is 6.31. The number of rotatable bonds is 8. The average molecular weight is 359 g/mol. The van der Waals surface area contributed by atoms with Gasteiger partial charge in [0.25, 0.3) is 5.91 Å². The van der Waals surface area contributed by atoms with Crippen LogP contribution in [0.1, 0.15) is 48.7 Å². The number of hydrogen-bond acceptors (Lipinski definition) is 2. The molecule has 2 heterocycles. The number of furan rings is 1. The second-order valence-corrected chi connectivity index (χ2v) is 6.60. The lowest BCUT2D eigenvalue weighted by Gasteiger charge is -2.11. The summed E-state index contributed by atoms with van der Waals surface area (Å²) in [5.41, 5.74) is 3.18. The first-order valence-corrected chi connectivity index (χ1v) is 9.17. The highest BCUT2D eigenvalue weighted by atomic mass is 35.5. The largest absolute Gasteiger partial charge is 0.463 e. The van der Waals surface area contributed by atoms with E-state index in [1.807, 2.05) is 34.9 Å². The number of carbonyl (C=O) groups excluding carboxylic acids is 1. The van der Waals surface area contributed by atoms with Gasteiger partial charge < -0.3 is 14.3 Å². The molecule has 4 nitrogen and oxygen atoms in total. The van der Waals surface area contributed by atoms with Crippen LogP contribution in [0.5, 0.6) is 0 Å². The van der Waals surface area contributed by atoms with Crippen LogP contribution in [0.15, 0.2) is 47.1 Å². The van der Waals surface area contributed by atoms with Gasteiger partial charge in [-0.15, -0.1) is 0 Å². The molecule has 0 bridgehead atoms. The highest BCUT2D eigenvalue weighted by Gasteiger charge is 2.18. The maximum Gasteiger partial charge on any atom is 0.268 e. The van der Waals surface area contributed by atoms with Gasteiger partial charge in [-0.05, 0) is 18.1 Å². The van der Waals surface area contributed by atoms with E-state index in [4.69, 9.17) is 16.0 Å². The number of carbonyl (C=O) groups is 1. The quantitative estimate of drug-likeness (QED) is 0.559. The minimum atomic E-state index is -0.0741. The van der Waals surface area contributed by atoms with Gasteiger partial charge in [0, 0.05) is 30.2 Å². The summed E-state index contributed by atoms with van der Waals surface area (Å²) in [6.45, 7) is 3.40. The Morgan fingerprint density at radius 3 is 2.84 bits per heavy atom. The molecule has 0 radical (unpaired) electrons. The second kappa shape index (κ2) is 8.26. The lowest BCUT2D eigenvalue weighted by atomic mass is 10.2. The summed E-state index contributed by atoms with van der Waals surface area (Å²) in [4.78, 5) is 12.6. The molecule has 0 aliphatic heterocycles. The highest BCUT2D eigenvalue weighted by Crippen LogP contribution is 2.24. The Balaban J connectivity index is 1.79. The Hall–Kier alpha value is -2.20. The molecule has 0 saturated carbocycles. The number of halogens is 1. The Bertz CT molecular complexity index is 850. The number of nitrogens with zero attached hydrogens (tertiary/aromatic N) is 1. The normalized spacial score (nSPS) is 11.1. The van der Waals surface area contributed by atoms with Crippen LogP contribution in [0.4, 0.5) is 0 Å². The molecule has 3 rings (SSSR count). The summed E-state index contributed by atoms with van der Waals surface area (Å²) >= 11 is 6.29. The maximum atomic E-state index is 12.6. The van der Waals surface area contributed by atoms with Crippen LogP contribution in [0.2, 0.25) is 5.02 Å². The van der Waals surface area contributed by atoms with Crippen molar-refractivity contribution < 1.29 is 9.21 Å². The Labute approximate surface area is 152 Å². The van der Waals surface area contributed by atoms with E-state index in [1.54, 1.807) is 12.3 Å². The summed E-state index contributed by atoms with van der Waals surface area (Å²) < 4.78 is 7.44. The lowest BCUT2D eigenvalue weighted by molar-refractivity contribution is 0.0944. The molecular formula is C20H23ClN2O2. The van der Waals surface area contributed by atoms with Crippen molar-refractivity contribution >= 4 is 28.6 Å². The summed E-state index contributed by atoms with van der Waals surface area (Å²) in [6, 6.07) is 11.4. The van der Waals surface area contributed by atoms with E-state index in [0.717, 1.165) is 23.9 Å². The van der Waals surface area contributed by atoms with Crippen LogP contribution in [0.3, 0.4) is 0 Å². The summed E-state index contributed by atoms with van der Waals surface area (Å²) in [6.07, 6.45) is 6.16. The maximum absolute atomic E-state index is 12.6. The van der Waals surface area contributed by atoms with Crippen molar-refractivity contribution in [1.29, 1.82) is 0 Å². The number of aromatic nitrogens is 1. The molecule has 5 heteroatoms. The number of amides is 1. The molecular weight excluding hydrogens is 336 g/mol. The third kappa shape index (κ3) is 4.07. The van der Waals surface area contributed by atoms with Crippen LogP contribution < -0.4 is 5.32 Å². The van der Waals surface area contributed by atoms with E-state index in [2.05, 4.69) is 12.2 Å². The number of unbranched alkanes of at least 4 members (excludes halogenated alkanes) is 3. The van der Waals surface area contributed by atoms with Crippen LogP contribution in [0.25, 0.3) is 11.1 Å². The summed E-state index contributed by atoms with van der Waals surface area (Å²) in [7, 11) is 0. The first-order chi connectivity index (χ1) is 12.2. The van der Waals surface area contributed by atoms with Crippen LogP contribution >= 0.6 is 11.6 Å². The van der Waals surface area contributed by atoms with Crippen LogP contribution in [-0.4, -0.2) is 17.0 Å². The number of fused-ring (bicyclic) bond motifs is 1. The van der Waals surface area contributed by atoms with Gasteiger partial charge in [-0.1, -0.05) is 56.0 Å². The van der Waals surface area contributed by atoms with Crippen LogP contribution in [-0.2, 0) is 6.54 Å². The standard InChI is InChI=1S/C20H23ClN2O2/c1-2-3-4-7-11-22-20(24)18-13-19-17(10-12-25-19)23(18)14-15-8-5-6-9-16(15)21/h5-6,8-10,12-13H,2-4,7,11,14H2,1H3,(H,22,24). The van der Waals surface area contributed by atoms with Gasteiger partial charge in [0.1, 0.15) is 5.69 Å². The third-order valence-electron chi connectivity index (χ3n) is 4.36. The van der Waals surface area contributed by atoms with Crippen LogP contribution in [0, 0.1) is 0 Å². The Kier molecular flexibility index (Phi) is 5.82. The van der Waals surface area contributed by atoms with Gasteiger partial charge in [0.15, 0.2) is 5.58 Å². The van der Waals surface area contributed by atoms with E-state index in [-0.39, 0.29) is 5.91 Å². The molecule has 0 aliphatic carbocycles. The number of benzene rings is 1. The number of nitrogens with one attached hydrogen (secondary N) is 1. The smallest absolute Gasteiger partial charge is 0.268 e. The zero-order chi connectivity index (χ0) is 17.6. The molecule has 132 valence electrons. The van der Waals surface area contributed by atoms with Crippen molar-refractivity contribution in [2.24, 2.45) is 0 Å². The van der Waals surface area contributed by atoms with Gasteiger partial charge in [-0.25, -0.2) is 0 Å².